The predicted molar refractivity (Wildman–Crippen MR) is 212 cm³/mol. The molecule has 0 fully saturated rings. The van der Waals surface area contributed by atoms with Gasteiger partial charge in [0.15, 0.2) is 0 Å². The first kappa shape index (κ1) is 49.5. The fourth-order valence-corrected chi connectivity index (χ4v) is 7.43. The number of nitrogens with one attached hydrogen (secondary N) is 1. The van der Waals surface area contributed by atoms with Crippen LogP contribution >= 0.6 is 7.82 Å². The lowest BCUT2D eigenvalue weighted by Gasteiger charge is -2.25. The normalized spacial score (nSPS) is 14.1. The highest BCUT2D eigenvalue weighted by Crippen LogP contribution is 2.43. The number of rotatable bonds is 41. The summed E-state index contributed by atoms with van der Waals surface area (Å²) in [6.45, 7) is 4.21. The molecule has 3 unspecified atom stereocenters. The molecule has 0 bridgehead atoms. The highest BCUT2D eigenvalue weighted by Gasteiger charge is 2.27. The number of unbranched alkanes of at least 4 members (excludes halogenated alkanes) is 29. The average molecular weight is 733 g/mol. The quantitative estimate of drug-likeness (QED) is 0.0363. The summed E-state index contributed by atoms with van der Waals surface area (Å²) in [5.74, 6) is -0.159. The van der Waals surface area contributed by atoms with E-state index < -0.39 is 20.0 Å². The maximum Gasteiger partial charge on any atom is 0.472 e. The molecule has 1 amide bonds. The molecule has 0 aliphatic carbocycles. The van der Waals surface area contributed by atoms with Crippen molar-refractivity contribution in [2.24, 2.45) is 5.73 Å². The molecule has 0 saturated carbocycles. The van der Waals surface area contributed by atoms with E-state index in [1.54, 1.807) is 0 Å². The van der Waals surface area contributed by atoms with Crippen molar-refractivity contribution >= 4 is 13.7 Å². The number of nitrogens with two attached hydrogens (primary N) is 1. The van der Waals surface area contributed by atoms with Crippen LogP contribution in [0.4, 0.5) is 0 Å². The molecular weight excluding hydrogens is 647 g/mol. The van der Waals surface area contributed by atoms with Crippen LogP contribution in [0.3, 0.4) is 0 Å². The van der Waals surface area contributed by atoms with Gasteiger partial charge in [0, 0.05) is 13.0 Å². The molecular formula is C41H85N2O6P. The van der Waals surface area contributed by atoms with Gasteiger partial charge in [-0.1, -0.05) is 206 Å². The highest BCUT2D eigenvalue weighted by molar-refractivity contribution is 7.47. The Morgan fingerprint density at radius 2 is 0.920 bits per heavy atom. The van der Waals surface area contributed by atoms with Gasteiger partial charge < -0.3 is 21.1 Å². The summed E-state index contributed by atoms with van der Waals surface area (Å²) in [4.78, 5) is 22.6. The van der Waals surface area contributed by atoms with E-state index in [0.29, 0.717) is 12.8 Å². The Kier molecular flexibility index (Phi) is 37.8. The number of carbonyl (C=O) groups is 1. The molecule has 0 rings (SSSR count). The summed E-state index contributed by atoms with van der Waals surface area (Å²) in [7, 11) is -4.30. The summed E-state index contributed by atoms with van der Waals surface area (Å²) < 4.78 is 22.1. The largest absolute Gasteiger partial charge is 0.472 e. The molecule has 300 valence electrons. The van der Waals surface area contributed by atoms with Crippen LogP contribution in [0.25, 0.3) is 0 Å². The number of carbonyl (C=O) groups excluding carboxylic acids is 1. The van der Waals surface area contributed by atoms with Gasteiger partial charge in [-0.3, -0.25) is 13.8 Å². The SMILES string of the molecule is CCCCCCCCCCCCCCCCCCCCCCCCC(=O)NC(COP(=O)(O)OCCN)C(O)CCCCCCCCCCC. The van der Waals surface area contributed by atoms with Crippen molar-refractivity contribution in [1.82, 2.24) is 5.32 Å². The molecule has 0 aromatic rings. The first-order chi connectivity index (χ1) is 24.4. The smallest absolute Gasteiger partial charge is 0.391 e. The second-order valence-electron chi connectivity index (χ2n) is 14.9. The number of phosphoric ester groups is 1. The summed E-state index contributed by atoms with van der Waals surface area (Å²) in [6.07, 6.45) is 39.8. The van der Waals surface area contributed by atoms with Gasteiger partial charge in [0.25, 0.3) is 0 Å². The molecule has 8 nitrogen and oxygen atoms in total. The monoisotopic (exact) mass is 733 g/mol. The van der Waals surface area contributed by atoms with E-state index in [0.717, 1.165) is 38.5 Å². The van der Waals surface area contributed by atoms with Crippen LogP contribution in [-0.2, 0) is 18.4 Å². The molecule has 0 radical (unpaired) electrons. The zero-order chi connectivity index (χ0) is 36.8. The topological polar surface area (TPSA) is 131 Å². The van der Waals surface area contributed by atoms with Crippen LogP contribution in [0.5, 0.6) is 0 Å². The minimum Gasteiger partial charge on any atom is -0.391 e. The Labute approximate surface area is 310 Å². The van der Waals surface area contributed by atoms with Gasteiger partial charge in [0.1, 0.15) is 0 Å². The van der Waals surface area contributed by atoms with Crippen molar-refractivity contribution in [3.63, 3.8) is 0 Å². The zero-order valence-electron chi connectivity index (χ0n) is 33.2. The van der Waals surface area contributed by atoms with E-state index in [-0.39, 0.29) is 25.7 Å². The number of hydrogen-bond donors (Lipinski definition) is 4. The van der Waals surface area contributed by atoms with Crippen LogP contribution in [0.2, 0.25) is 0 Å². The van der Waals surface area contributed by atoms with Crippen LogP contribution < -0.4 is 11.1 Å². The summed E-state index contributed by atoms with van der Waals surface area (Å²) >= 11 is 0. The average Bonchev–Trinajstić information content (AvgIpc) is 3.10. The molecule has 0 aromatic carbocycles. The number of hydrogen-bond acceptors (Lipinski definition) is 6. The highest BCUT2D eigenvalue weighted by atomic mass is 31.2. The Morgan fingerprint density at radius 1 is 0.580 bits per heavy atom. The van der Waals surface area contributed by atoms with E-state index in [1.807, 2.05) is 0 Å². The first-order valence-corrected chi connectivity index (χ1v) is 23.1. The molecule has 50 heavy (non-hydrogen) atoms. The van der Waals surface area contributed by atoms with Crippen molar-refractivity contribution in [1.29, 1.82) is 0 Å². The van der Waals surface area contributed by atoms with Crippen LogP contribution in [-0.4, -0.2) is 47.8 Å². The van der Waals surface area contributed by atoms with Crippen molar-refractivity contribution < 1.29 is 28.4 Å². The molecule has 0 aliphatic heterocycles. The molecule has 0 aliphatic rings. The Morgan fingerprint density at radius 3 is 1.28 bits per heavy atom. The third kappa shape index (κ3) is 35.9. The van der Waals surface area contributed by atoms with Crippen LogP contribution in [0.15, 0.2) is 0 Å². The van der Waals surface area contributed by atoms with Gasteiger partial charge in [0.2, 0.25) is 5.91 Å². The van der Waals surface area contributed by atoms with Gasteiger partial charge in [-0.05, 0) is 12.8 Å². The Hall–Kier alpha value is -0.500. The van der Waals surface area contributed by atoms with Crippen LogP contribution in [0, 0.1) is 0 Å². The molecule has 0 saturated heterocycles. The minimum atomic E-state index is -4.30. The lowest BCUT2D eigenvalue weighted by molar-refractivity contribution is -0.123. The van der Waals surface area contributed by atoms with Crippen molar-refractivity contribution in [2.45, 2.75) is 238 Å². The standard InChI is InChI=1S/C41H85N2O6P/c1-3-5-7-9-11-13-14-15-16-17-18-19-20-21-22-23-24-25-27-29-31-33-35-41(45)43-39(38-49-50(46,47)48-37-36-42)40(44)34-32-30-28-26-12-10-8-6-4-2/h39-40,44H,3-38,42H2,1-2H3,(H,43,45)(H,46,47). The Bertz CT molecular complexity index is 759. The second kappa shape index (κ2) is 38.2. The molecule has 3 atom stereocenters. The Balaban J connectivity index is 3.96. The third-order valence-corrected chi connectivity index (χ3v) is 10.9. The minimum absolute atomic E-state index is 0.0921. The predicted octanol–water partition coefficient (Wildman–Crippen LogP) is 11.8. The number of aliphatic hydroxyl groups is 1. The van der Waals surface area contributed by atoms with E-state index in [2.05, 4.69) is 19.2 Å². The first-order valence-electron chi connectivity index (χ1n) is 21.7. The van der Waals surface area contributed by atoms with Crippen molar-refractivity contribution in [3.05, 3.63) is 0 Å². The van der Waals surface area contributed by atoms with E-state index in [1.165, 1.54) is 161 Å². The number of phosphoric acid groups is 1. The van der Waals surface area contributed by atoms with E-state index >= 15 is 0 Å². The molecule has 0 spiro atoms. The summed E-state index contributed by atoms with van der Waals surface area (Å²) in [6, 6.07) is -0.766. The van der Waals surface area contributed by atoms with E-state index in [9.17, 15) is 19.4 Å². The lowest BCUT2D eigenvalue weighted by Crippen LogP contribution is -2.46. The summed E-state index contributed by atoms with van der Waals surface area (Å²) in [5.41, 5.74) is 5.36. The van der Waals surface area contributed by atoms with Crippen molar-refractivity contribution in [2.75, 3.05) is 19.8 Å². The maximum atomic E-state index is 12.7. The molecule has 5 N–H and O–H groups in total. The summed E-state index contributed by atoms with van der Waals surface area (Å²) in [5, 5.41) is 13.7. The molecule has 9 heteroatoms. The zero-order valence-corrected chi connectivity index (χ0v) is 34.1. The number of aliphatic hydroxyl groups excluding tert-OH is 1. The van der Waals surface area contributed by atoms with Gasteiger partial charge in [-0.25, -0.2) is 4.57 Å². The maximum absolute atomic E-state index is 12.7. The van der Waals surface area contributed by atoms with E-state index in [4.69, 9.17) is 14.8 Å². The van der Waals surface area contributed by atoms with Gasteiger partial charge in [-0.15, -0.1) is 0 Å². The van der Waals surface area contributed by atoms with Gasteiger partial charge in [0.05, 0.1) is 25.4 Å². The fraction of sp³-hybridized carbons (Fsp3) is 0.976. The second-order valence-corrected chi connectivity index (χ2v) is 16.4. The van der Waals surface area contributed by atoms with Crippen LogP contribution in [0.1, 0.15) is 226 Å². The van der Waals surface area contributed by atoms with Gasteiger partial charge in [-0.2, -0.15) is 0 Å². The fourth-order valence-electron chi connectivity index (χ4n) is 6.67. The molecule has 0 heterocycles. The van der Waals surface area contributed by atoms with Gasteiger partial charge >= 0.3 is 7.82 Å². The molecule has 0 aromatic heterocycles. The lowest BCUT2D eigenvalue weighted by atomic mass is 10.0. The third-order valence-electron chi connectivity index (χ3n) is 9.96. The van der Waals surface area contributed by atoms with Crippen molar-refractivity contribution in [3.8, 4) is 0 Å². The number of amides is 1.